The number of carbonyl (C=O) groups excluding carboxylic acids is 2. The molecule has 1 aromatic heterocycles. The van der Waals surface area contributed by atoms with Gasteiger partial charge in [-0.05, 0) is 25.8 Å². The molecular formula is C17H26N4O2S. The number of thiazole rings is 1. The number of nitrogens with two attached hydrogens (primary N) is 1. The second kappa shape index (κ2) is 8.07. The molecule has 0 aromatic carbocycles. The smallest absolute Gasteiger partial charge is 0.271 e. The number of nitrogens with zero attached hydrogens (tertiary/aromatic N) is 2. The topological polar surface area (TPSA) is 88.3 Å². The molecule has 2 heterocycles. The Bertz CT molecular complexity index is 583. The zero-order valence-corrected chi connectivity index (χ0v) is 14.8. The second-order valence-electron chi connectivity index (χ2n) is 6.74. The highest BCUT2D eigenvalue weighted by molar-refractivity contribution is 7.09. The van der Waals surface area contributed by atoms with Gasteiger partial charge in [-0.3, -0.25) is 9.59 Å². The van der Waals surface area contributed by atoms with Crippen LogP contribution in [0.2, 0.25) is 0 Å². The van der Waals surface area contributed by atoms with Crippen LogP contribution in [0.5, 0.6) is 0 Å². The average Bonchev–Trinajstić information content (AvgIpc) is 3.25. The van der Waals surface area contributed by atoms with Crippen LogP contribution in [0.1, 0.15) is 54.0 Å². The van der Waals surface area contributed by atoms with E-state index < -0.39 is 0 Å². The number of rotatable bonds is 5. The first kappa shape index (κ1) is 17.4. The molecule has 1 aromatic rings. The lowest BCUT2D eigenvalue weighted by Crippen LogP contribution is -2.40. The van der Waals surface area contributed by atoms with E-state index >= 15 is 0 Å². The first-order valence-corrected chi connectivity index (χ1v) is 9.79. The van der Waals surface area contributed by atoms with E-state index in [9.17, 15) is 9.59 Å². The first-order valence-electron chi connectivity index (χ1n) is 8.91. The van der Waals surface area contributed by atoms with Crippen molar-refractivity contribution in [3.63, 3.8) is 0 Å². The number of carbonyl (C=O) groups is 2. The minimum Gasteiger partial charge on any atom is -0.346 e. The molecule has 24 heavy (non-hydrogen) atoms. The summed E-state index contributed by atoms with van der Waals surface area (Å²) in [6.07, 6.45) is 7.15. The zero-order valence-electron chi connectivity index (χ0n) is 14.0. The fourth-order valence-electron chi connectivity index (χ4n) is 3.60. The van der Waals surface area contributed by atoms with Gasteiger partial charge in [-0.25, -0.2) is 4.98 Å². The van der Waals surface area contributed by atoms with Crippen molar-refractivity contribution in [2.24, 2.45) is 11.7 Å². The highest BCUT2D eigenvalue weighted by Crippen LogP contribution is 2.26. The van der Waals surface area contributed by atoms with Gasteiger partial charge in [-0.15, -0.1) is 11.3 Å². The number of hydrogen-bond donors (Lipinski definition) is 2. The standard InChI is InChI=1S/C17H26N4O2S/c18-8-6-15-20-14(11-24-15)16(22)19-13-7-9-21(10-13)17(23)12-4-2-1-3-5-12/h11-13H,1-10,18H2,(H,19,22). The van der Waals surface area contributed by atoms with Gasteiger partial charge in [0.05, 0.1) is 5.01 Å². The van der Waals surface area contributed by atoms with E-state index in [4.69, 9.17) is 5.73 Å². The van der Waals surface area contributed by atoms with Crippen molar-refractivity contribution in [2.75, 3.05) is 19.6 Å². The number of likely N-dealkylation sites (tertiary alicyclic amines) is 1. The van der Waals surface area contributed by atoms with Gasteiger partial charge in [-0.2, -0.15) is 0 Å². The van der Waals surface area contributed by atoms with Crippen molar-refractivity contribution in [3.05, 3.63) is 16.1 Å². The summed E-state index contributed by atoms with van der Waals surface area (Å²) >= 11 is 1.47. The van der Waals surface area contributed by atoms with Crippen LogP contribution in [0.25, 0.3) is 0 Å². The summed E-state index contributed by atoms with van der Waals surface area (Å²) in [5.74, 6) is 0.336. The summed E-state index contributed by atoms with van der Waals surface area (Å²) in [7, 11) is 0. The molecule has 2 fully saturated rings. The van der Waals surface area contributed by atoms with Crippen LogP contribution < -0.4 is 11.1 Å². The fourth-order valence-corrected chi connectivity index (χ4v) is 4.39. The summed E-state index contributed by atoms with van der Waals surface area (Å²) in [5, 5.41) is 5.69. The molecule has 0 spiro atoms. The molecule has 132 valence electrons. The maximum absolute atomic E-state index is 12.6. The van der Waals surface area contributed by atoms with Crippen LogP contribution in [0.3, 0.4) is 0 Å². The first-order chi connectivity index (χ1) is 11.7. The third-order valence-electron chi connectivity index (χ3n) is 4.93. The van der Waals surface area contributed by atoms with Crippen LogP contribution in [0.4, 0.5) is 0 Å². The Kier molecular flexibility index (Phi) is 5.84. The summed E-state index contributed by atoms with van der Waals surface area (Å²) in [4.78, 5) is 31.1. The molecule has 0 radical (unpaired) electrons. The van der Waals surface area contributed by atoms with Crippen LogP contribution in [-0.4, -0.2) is 47.4 Å². The lowest BCUT2D eigenvalue weighted by Gasteiger charge is -2.26. The van der Waals surface area contributed by atoms with E-state index in [1.165, 1.54) is 30.6 Å². The van der Waals surface area contributed by atoms with E-state index in [1.54, 1.807) is 5.38 Å². The molecule has 2 amide bonds. The van der Waals surface area contributed by atoms with Crippen molar-refractivity contribution in [1.82, 2.24) is 15.2 Å². The normalized spacial score (nSPS) is 21.9. The molecule has 7 heteroatoms. The minimum atomic E-state index is -0.147. The van der Waals surface area contributed by atoms with Gasteiger partial charge in [0.2, 0.25) is 5.91 Å². The molecule has 1 aliphatic heterocycles. The summed E-state index contributed by atoms with van der Waals surface area (Å²) in [5.41, 5.74) is 5.97. The number of amides is 2. The molecule has 1 aliphatic carbocycles. The van der Waals surface area contributed by atoms with Gasteiger partial charge in [0.1, 0.15) is 5.69 Å². The van der Waals surface area contributed by atoms with Gasteiger partial charge < -0.3 is 16.0 Å². The molecule has 3 rings (SSSR count). The van der Waals surface area contributed by atoms with E-state index in [2.05, 4.69) is 10.3 Å². The van der Waals surface area contributed by atoms with Crippen molar-refractivity contribution < 1.29 is 9.59 Å². The minimum absolute atomic E-state index is 0.0321. The molecule has 3 N–H and O–H groups in total. The molecule has 1 atom stereocenters. The van der Waals surface area contributed by atoms with Gasteiger partial charge in [-0.1, -0.05) is 19.3 Å². The largest absolute Gasteiger partial charge is 0.346 e. The number of hydrogen-bond acceptors (Lipinski definition) is 5. The van der Waals surface area contributed by atoms with Crippen LogP contribution in [0, 0.1) is 5.92 Å². The SMILES string of the molecule is NCCc1nc(C(=O)NC2CCN(C(=O)C3CCCCC3)C2)cs1. The van der Waals surface area contributed by atoms with Crippen molar-refractivity contribution in [2.45, 2.75) is 51.0 Å². The molecule has 6 nitrogen and oxygen atoms in total. The van der Waals surface area contributed by atoms with Crippen LogP contribution >= 0.6 is 11.3 Å². The predicted octanol–water partition coefficient (Wildman–Crippen LogP) is 1.56. The Morgan fingerprint density at radius 1 is 1.29 bits per heavy atom. The monoisotopic (exact) mass is 350 g/mol. The van der Waals surface area contributed by atoms with E-state index in [0.29, 0.717) is 25.2 Å². The lowest BCUT2D eigenvalue weighted by molar-refractivity contribution is -0.135. The van der Waals surface area contributed by atoms with Gasteiger partial charge >= 0.3 is 0 Å². The molecular weight excluding hydrogens is 324 g/mol. The quantitative estimate of drug-likeness (QED) is 0.843. The Morgan fingerprint density at radius 3 is 2.83 bits per heavy atom. The summed E-state index contributed by atoms with van der Waals surface area (Å²) < 4.78 is 0. The summed E-state index contributed by atoms with van der Waals surface area (Å²) in [6, 6.07) is 0.0321. The Labute approximate surface area is 146 Å². The number of aromatic nitrogens is 1. The lowest BCUT2D eigenvalue weighted by atomic mass is 9.88. The Balaban J connectivity index is 1.49. The van der Waals surface area contributed by atoms with Crippen molar-refractivity contribution in [1.29, 1.82) is 0 Å². The maximum Gasteiger partial charge on any atom is 0.271 e. The third kappa shape index (κ3) is 4.13. The highest BCUT2D eigenvalue weighted by atomic mass is 32.1. The average molecular weight is 350 g/mol. The van der Waals surface area contributed by atoms with E-state index in [-0.39, 0.29) is 23.8 Å². The molecule has 2 aliphatic rings. The molecule has 1 saturated carbocycles. The fraction of sp³-hybridized carbons (Fsp3) is 0.706. The number of nitrogens with one attached hydrogen (secondary N) is 1. The van der Waals surface area contributed by atoms with Crippen molar-refractivity contribution in [3.8, 4) is 0 Å². The van der Waals surface area contributed by atoms with E-state index in [0.717, 1.165) is 30.8 Å². The van der Waals surface area contributed by atoms with Gasteiger partial charge in [0.25, 0.3) is 5.91 Å². The second-order valence-corrected chi connectivity index (χ2v) is 7.69. The van der Waals surface area contributed by atoms with Crippen LogP contribution in [0.15, 0.2) is 5.38 Å². The zero-order chi connectivity index (χ0) is 16.9. The molecule has 0 bridgehead atoms. The van der Waals surface area contributed by atoms with Gasteiger partial charge in [0.15, 0.2) is 0 Å². The Hall–Kier alpha value is -1.47. The van der Waals surface area contributed by atoms with Crippen molar-refractivity contribution >= 4 is 23.2 Å². The summed E-state index contributed by atoms with van der Waals surface area (Å²) in [6.45, 7) is 1.91. The Morgan fingerprint density at radius 2 is 2.08 bits per heavy atom. The third-order valence-corrected chi connectivity index (χ3v) is 5.84. The van der Waals surface area contributed by atoms with Gasteiger partial charge in [0, 0.05) is 36.9 Å². The van der Waals surface area contributed by atoms with Crippen LogP contribution in [-0.2, 0) is 11.2 Å². The van der Waals surface area contributed by atoms with E-state index in [1.807, 2.05) is 4.90 Å². The molecule has 1 unspecified atom stereocenters. The molecule has 1 saturated heterocycles. The maximum atomic E-state index is 12.6. The predicted molar refractivity (Wildman–Crippen MR) is 93.9 cm³/mol. The highest BCUT2D eigenvalue weighted by Gasteiger charge is 2.32.